The van der Waals surface area contributed by atoms with Gasteiger partial charge in [0.25, 0.3) is 0 Å². The van der Waals surface area contributed by atoms with Crippen LogP contribution in [0.15, 0.2) is 59.6 Å². The summed E-state index contributed by atoms with van der Waals surface area (Å²) in [5, 5.41) is 4.45. The van der Waals surface area contributed by atoms with E-state index in [1.165, 1.54) is 0 Å². The lowest BCUT2D eigenvalue weighted by Crippen LogP contribution is -2.31. The predicted molar refractivity (Wildman–Crippen MR) is 127 cm³/mol. The summed E-state index contributed by atoms with van der Waals surface area (Å²) in [4.78, 5) is 12.7. The molecule has 0 bridgehead atoms. The zero-order valence-electron chi connectivity index (χ0n) is 18.0. The van der Waals surface area contributed by atoms with Crippen LogP contribution in [0.5, 0.6) is 0 Å². The van der Waals surface area contributed by atoms with Crippen LogP contribution < -0.4 is 5.32 Å². The number of hydrogen-bond acceptors (Lipinski definition) is 3. The molecule has 1 aromatic heterocycles. The van der Waals surface area contributed by atoms with Gasteiger partial charge in [0.2, 0.25) is 15.9 Å². The monoisotopic (exact) mass is 473 g/mol. The molecule has 0 spiro atoms. The van der Waals surface area contributed by atoms with E-state index < -0.39 is 10.0 Å². The summed E-state index contributed by atoms with van der Waals surface area (Å²) in [6, 6.07) is 14.6. The molecule has 0 saturated carbocycles. The minimum atomic E-state index is -3.50. The van der Waals surface area contributed by atoms with Crippen LogP contribution in [-0.4, -0.2) is 42.8 Å². The van der Waals surface area contributed by atoms with Crippen molar-refractivity contribution in [2.75, 3.05) is 19.6 Å². The lowest BCUT2D eigenvalue weighted by molar-refractivity contribution is -0.121. The molecule has 1 N–H and O–H groups in total. The number of fused-ring (bicyclic) bond motifs is 1. The molecule has 6 nitrogen and oxygen atoms in total. The Morgan fingerprint density at radius 2 is 1.69 bits per heavy atom. The lowest BCUT2D eigenvalue weighted by Gasteiger charge is -2.20. The number of hydrogen-bond donors (Lipinski definition) is 1. The highest BCUT2D eigenvalue weighted by atomic mass is 35.5. The average Bonchev–Trinajstić information content (AvgIpc) is 2.98. The van der Waals surface area contributed by atoms with Crippen molar-refractivity contribution in [2.24, 2.45) is 0 Å². The van der Waals surface area contributed by atoms with E-state index in [2.05, 4.69) is 5.32 Å². The number of rotatable bonds is 7. The summed E-state index contributed by atoms with van der Waals surface area (Å²) in [6.45, 7) is 1.88. The summed E-state index contributed by atoms with van der Waals surface area (Å²) in [7, 11) is -3.50. The van der Waals surface area contributed by atoms with E-state index in [-0.39, 0.29) is 12.5 Å². The van der Waals surface area contributed by atoms with Gasteiger partial charge in [-0.25, -0.2) is 8.42 Å². The number of nitrogens with one attached hydrogen (secondary N) is 1. The first kappa shape index (κ1) is 22.8. The van der Waals surface area contributed by atoms with Crippen molar-refractivity contribution < 1.29 is 13.2 Å². The highest BCUT2D eigenvalue weighted by molar-refractivity contribution is 7.89. The minimum Gasteiger partial charge on any atom is -0.354 e. The van der Waals surface area contributed by atoms with Gasteiger partial charge in [-0.15, -0.1) is 0 Å². The number of carbonyl (C=O) groups excluding carboxylic acids is 1. The molecule has 170 valence electrons. The first-order valence-corrected chi connectivity index (χ1v) is 12.9. The van der Waals surface area contributed by atoms with Crippen LogP contribution in [0.1, 0.15) is 31.2 Å². The lowest BCUT2D eigenvalue weighted by atomic mass is 10.1. The van der Waals surface area contributed by atoms with Gasteiger partial charge in [-0.3, -0.25) is 4.79 Å². The Kier molecular flexibility index (Phi) is 7.18. The van der Waals surface area contributed by atoms with Gasteiger partial charge in [-0.2, -0.15) is 4.31 Å². The van der Waals surface area contributed by atoms with Crippen LogP contribution >= 0.6 is 11.6 Å². The molecule has 32 heavy (non-hydrogen) atoms. The fourth-order valence-corrected chi connectivity index (χ4v) is 5.79. The largest absolute Gasteiger partial charge is 0.354 e. The standard InChI is InChI=1S/C24H28ClN3O3S/c25-21-7-5-19(6-8-21)11-13-26-24(29)18-27-16-12-20-17-22(9-10-23(20)27)32(30,31)28-14-3-1-2-4-15-28/h5-10,12,16-17H,1-4,11,13-15,18H2,(H,26,29). The third kappa shape index (κ3) is 5.34. The van der Waals surface area contributed by atoms with Crippen LogP contribution in [0, 0.1) is 0 Å². The van der Waals surface area contributed by atoms with Gasteiger partial charge in [0.05, 0.1) is 4.90 Å². The molecule has 4 rings (SSSR count). The van der Waals surface area contributed by atoms with Crippen molar-refractivity contribution in [3.63, 3.8) is 0 Å². The molecule has 1 amide bonds. The summed E-state index contributed by atoms with van der Waals surface area (Å²) < 4.78 is 29.6. The van der Waals surface area contributed by atoms with E-state index in [1.54, 1.807) is 22.5 Å². The average molecular weight is 474 g/mol. The van der Waals surface area contributed by atoms with Gasteiger partial charge >= 0.3 is 0 Å². The molecule has 8 heteroatoms. The summed E-state index contributed by atoms with van der Waals surface area (Å²) in [5.41, 5.74) is 1.95. The SMILES string of the molecule is O=C(Cn1ccc2cc(S(=O)(=O)N3CCCCCC3)ccc21)NCCc1ccc(Cl)cc1. The topological polar surface area (TPSA) is 71.4 Å². The predicted octanol–water partition coefficient (Wildman–Crippen LogP) is 4.22. The molecule has 1 saturated heterocycles. The number of aromatic nitrogens is 1. The number of benzene rings is 2. The Morgan fingerprint density at radius 1 is 0.969 bits per heavy atom. The second kappa shape index (κ2) is 10.1. The summed E-state index contributed by atoms with van der Waals surface area (Å²) in [6.07, 6.45) is 6.53. The van der Waals surface area contributed by atoms with Crippen LogP contribution in [-0.2, 0) is 27.8 Å². The molecule has 1 aliphatic rings. The van der Waals surface area contributed by atoms with Crippen LogP contribution in [0.25, 0.3) is 10.9 Å². The molecule has 2 aromatic carbocycles. The zero-order chi connectivity index (χ0) is 22.6. The minimum absolute atomic E-state index is 0.0854. The summed E-state index contributed by atoms with van der Waals surface area (Å²) >= 11 is 5.90. The third-order valence-corrected chi connectivity index (χ3v) is 8.05. The maximum absolute atomic E-state index is 13.1. The number of amides is 1. The fraction of sp³-hybridized carbons (Fsp3) is 0.375. The Hall–Kier alpha value is -2.35. The normalized spacial score (nSPS) is 15.5. The van der Waals surface area contributed by atoms with Crippen molar-refractivity contribution in [1.29, 1.82) is 0 Å². The summed E-state index contributed by atoms with van der Waals surface area (Å²) in [5.74, 6) is -0.0854. The first-order chi connectivity index (χ1) is 15.4. The maximum atomic E-state index is 13.1. The molecule has 0 unspecified atom stereocenters. The zero-order valence-corrected chi connectivity index (χ0v) is 19.5. The fourth-order valence-electron chi connectivity index (χ4n) is 4.12. The Bertz CT molecular complexity index is 1180. The maximum Gasteiger partial charge on any atom is 0.243 e. The number of sulfonamides is 1. The molecule has 0 aliphatic carbocycles. The van der Waals surface area contributed by atoms with Crippen LogP contribution in [0.2, 0.25) is 5.02 Å². The van der Waals surface area contributed by atoms with Crippen molar-refractivity contribution in [3.8, 4) is 0 Å². The smallest absolute Gasteiger partial charge is 0.243 e. The van der Waals surface area contributed by atoms with Gasteiger partial charge in [0, 0.05) is 41.8 Å². The van der Waals surface area contributed by atoms with Crippen molar-refractivity contribution in [3.05, 3.63) is 65.3 Å². The number of nitrogens with zero attached hydrogens (tertiary/aromatic N) is 2. The number of carbonyl (C=O) groups is 1. The Balaban J connectivity index is 1.40. The van der Waals surface area contributed by atoms with Gasteiger partial charge in [0.1, 0.15) is 6.54 Å². The molecule has 0 atom stereocenters. The van der Waals surface area contributed by atoms with Gasteiger partial charge in [0.15, 0.2) is 0 Å². The van der Waals surface area contributed by atoms with E-state index in [1.807, 2.05) is 41.1 Å². The Morgan fingerprint density at radius 3 is 2.41 bits per heavy atom. The van der Waals surface area contributed by atoms with Gasteiger partial charge < -0.3 is 9.88 Å². The van der Waals surface area contributed by atoms with E-state index >= 15 is 0 Å². The van der Waals surface area contributed by atoms with E-state index in [0.29, 0.717) is 29.6 Å². The third-order valence-electron chi connectivity index (χ3n) is 5.91. The van der Waals surface area contributed by atoms with Crippen LogP contribution in [0.4, 0.5) is 0 Å². The molecular formula is C24H28ClN3O3S. The molecule has 1 aliphatic heterocycles. The molecular weight excluding hydrogens is 446 g/mol. The van der Waals surface area contributed by atoms with E-state index in [9.17, 15) is 13.2 Å². The molecule has 3 aromatic rings. The molecule has 1 fully saturated rings. The van der Waals surface area contributed by atoms with E-state index in [4.69, 9.17) is 11.6 Å². The van der Waals surface area contributed by atoms with Crippen molar-refractivity contribution in [2.45, 2.75) is 43.5 Å². The quantitative estimate of drug-likeness (QED) is 0.558. The van der Waals surface area contributed by atoms with Gasteiger partial charge in [-0.1, -0.05) is 36.6 Å². The van der Waals surface area contributed by atoms with E-state index in [0.717, 1.165) is 48.6 Å². The first-order valence-electron chi connectivity index (χ1n) is 11.0. The Labute approximate surface area is 194 Å². The molecule has 2 heterocycles. The van der Waals surface area contributed by atoms with Crippen molar-refractivity contribution >= 4 is 38.4 Å². The molecule has 0 radical (unpaired) electrons. The number of halogens is 1. The second-order valence-electron chi connectivity index (χ2n) is 8.21. The highest BCUT2D eigenvalue weighted by Gasteiger charge is 2.25. The highest BCUT2D eigenvalue weighted by Crippen LogP contribution is 2.25. The van der Waals surface area contributed by atoms with Crippen LogP contribution in [0.3, 0.4) is 0 Å². The van der Waals surface area contributed by atoms with Gasteiger partial charge in [-0.05, 0) is 61.2 Å². The second-order valence-corrected chi connectivity index (χ2v) is 10.6. The van der Waals surface area contributed by atoms with Crippen molar-refractivity contribution in [1.82, 2.24) is 14.2 Å².